The molecular formula is C12H20O4. The van der Waals surface area contributed by atoms with Crippen LogP contribution in [0.25, 0.3) is 0 Å². The predicted octanol–water partition coefficient (Wildman–Crippen LogP) is 2.09. The maximum absolute atomic E-state index is 11.2. The van der Waals surface area contributed by atoms with Gasteiger partial charge in [0.2, 0.25) is 0 Å². The number of carbonyl (C=O) groups is 2. The Bertz CT molecular complexity index is 258. The smallest absolute Gasteiger partial charge is 0.333 e. The Kier molecular flexibility index (Phi) is 7.25. The summed E-state index contributed by atoms with van der Waals surface area (Å²) in [6, 6.07) is 0. The van der Waals surface area contributed by atoms with Crippen LogP contribution >= 0.6 is 0 Å². The average molecular weight is 228 g/mol. The molecule has 92 valence electrons. The highest BCUT2D eigenvalue weighted by Gasteiger charge is 2.11. The number of carbonyl (C=O) groups excluding carboxylic acids is 2. The van der Waals surface area contributed by atoms with Crippen LogP contribution in [0.1, 0.15) is 33.6 Å². The van der Waals surface area contributed by atoms with Gasteiger partial charge in [-0.25, -0.2) is 4.79 Å². The molecule has 0 heterocycles. The van der Waals surface area contributed by atoms with E-state index >= 15 is 0 Å². The fourth-order valence-electron chi connectivity index (χ4n) is 0.829. The zero-order valence-corrected chi connectivity index (χ0v) is 10.2. The van der Waals surface area contributed by atoms with Gasteiger partial charge in [0.25, 0.3) is 0 Å². The van der Waals surface area contributed by atoms with Gasteiger partial charge in [0.05, 0.1) is 19.1 Å². The number of hydrogen-bond acceptors (Lipinski definition) is 4. The SMILES string of the molecule is C=C(C)C(=O)OCCCOC(=O)C(C)CC. The molecule has 1 unspecified atom stereocenters. The first-order valence-corrected chi connectivity index (χ1v) is 5.48. The Morgan fingerprint density at radius 3 is 2.31 bits per heavy atom. The normalized spacial score (nSPS) is 11.7. The van der Waals surface area contributed by atoms with E-state index < -0.39 is 5.97 Å². The van der Waals surface area contributed by atoms with Gasteiger partial charge >= 0.3 is 11.9 Å². The summed E-state index contributed by atoms with van der Waals surface area (Å²) >= 11 is 0. The summed E-state index contributed by atoms with van der Waals surface area (Å²) < 4.78 is 9.83. The molecule has 0 spiro atoms. The highest BCUT2D eigenvalue weighted by Crippen LogP contribution is 2.03. The minimum absolute atomic E-state index is 0.0713. The summed E-state index contributed by atoms with van der Waals surface area (Å²) in [5, 5.41) is 0. The van der Waals surface area contributed by atoms with Crippen LogP contribution in [0.4, 0.5) is 0 Å². The van der Waals surface area contributed by atoms with Crippen LogP contribution in [0.2, 0.25) is 0 Å². The van der Waals surface area contributed by atoms with Crippen molar-refractivity contribution >= 4 is 11.9 Å². The highest BCUT2D eigenvalue weighted by atomic mass is 16.5. The van der Waals surface area contributed by atoms with Crippen LogP contribution in [-0.4, -0.2) is 25.2 Å². The van der Waals surface area contributed by atoms with Gasteiger partial charge in [0.15, 0.2) is 0 Å². The molecule has 0 aromatic heterocycles. The molecule has 0 aliphatic rings. The van der Waals surface area contributed by atoms with Crippen molar-refractivity contribution in [3.63, 3.8) is 0 Å². The Balaban J connectivity index is 3.51. The molecule has 4 nitrogen and oxygen atoms in total. The molecule has 0 N–H and O–H groups in total. The summed E-state index contributed by atoms with van der Waals surface area (Å²) in [7, 11) is 0. The molecule has 4 heteroatoms. The lowest BCUT2D eigenvalue weighted by atomic mass is 10.1. The molecule has 0 saturated heterocycles. The van der Waals surface area contributed by atoms with Crippen LogP contribution in [0, 0.1) is 5.92 Å². The molecule has 0 saturated carbocycles. The maximum Gasteiger partial charge on any atom is 0.333 e. The van der Waals surface area contributed by atoms with Gasteiger partial charge in [-0.05, 0) is 13.3 Å². The Labute approximate surface area is 96.6 Å². The summed E-state index contributed by atoms with van der Waals surface area (Å²) in [6.07, 6.45) is 1.28. The van der Waals surface area contributed by atoms with Crippen LogP contribution < -0.4 is 0 Å². The summed E-state index contributed by atoms with van der Waals surface area (Å²) in [4.78, 5) is 22.2. The topological polar surface area (TPSA) is 52.6 Å². The average Bonchev–Trinajstić information content (AvgIpc) is 2.26. The predicted molar refractivity (Wildman–Crippen MR) is 60.8 cm³/mol. The van der Waals surface area contributed by atoms with Crippen LogP contribution in [0.3, 0.4) is 0 Å². The van der Waals surface area contributed by atoms with Crippen molar-refractivity contribution in [2.45, 2.75) is 33.6 Å². The van der Waals surface area contributed by atoms with E-state index in [1.807, 2.05) is 13.8 Å². The van der Waals surface area contributed by atoms with E-state index in [0.717, 1.165) is 6.42 Å². The van der Waals surface area contributed by atoms with Crippen LogP contribution in [0.15, 0.2) is 12.2 Å². The van der Waals surface area contributed by atoms with E-state index in [1.54, 1.807) is 6.92 Å². The first kappa shape index (κ1) is 14.7. The van der Waals surface area contributed by atoms with Crippen molar-refractivity contribution in [2.24, 2.45) is 5.92 Å². The van der Waals surface area contributed by atoms with Crippen molar-refractivity contribution in [2.75, 3.05) is 13.2 Å². The first-order valence-electron chi connectivity index (χ1n) is 5.48. The monoisotopic (exact) mass is 228 g/mol. The zero-order chi connectivity index (χ0) is 12.6. The fourth-order valence-corrected chi connectivity index (χ4v) is 0.829. The Hall–Kier alpha value is -1.32. The van der Waals surface area contributed by atoms with Gasteiger partial charge < -0.3 is 9.47 Å². The minimum Gasteiger partial charge on any atom is -0.465 e. The van der Waals surface area contributed by atoms with E-state index in [2.05, 4.69) is 6.58 Å². The molecule has 0 bridgehead atoms. The number of ether oxygens (including phenoxy) is 2. The van der Waals surface area contributed by atoms with Crippen molar-refractivity contribution in [3.8, 4) is 0 Å². The lowest BCUT2D eigenvalue weighted by Gasteiger charge is -2.09. The molecule has 16 heavy (non-hydrogen) atoms. The van der Waals surface area contributed by atoms with Crippen LogP contribution in [-0.2, 0) is 19.1 Å². The summed E-state index contributed by atoms with van der Waals surface area (Å²) in [5.41, 5.74) is 0.372. The number of rotatable bonds is 7. The fraction of sp³-hybridized carbons (Fsp3) is 0.667. The number of hydrogen-bond donors (Lipinski definition) is 0. The van der Waals surface area contributed by atoms with Gasteiger partial charge in [-0.3, -0.25) is 4.79 Å². The largest absolute Gasteiger partial charge is 0.465 e. The zero-order valence-electron chi connectivity index (χ0n) is 10.2. The van der Waals surface area contributed by atoms with Gasteiger partial charge in [0, 0.05) is 12.0 Å². The van der Waals surface area contributed by atoms with Crippen LogP contribution in [0.5, 0.6) is 0 Å². The molecule has 0 aliphatic carbocycles. The second kappa shape index (κ2) is 7.91. The van der Waals surface area contributed by atoms with Crippen molar-refractivity contribution in [3.05, 3.63) is 12.2 Å². The van der Waals surface area contributed by atoms with Gasteiger partial charge in [0.1, 0.15) is 0 Å². The Morgan fingerprint density at radius 1 is 1.25 bits per heavy atom. The maximum atomic E-state index is 11.2. The van der Waals surface area contributed by atoms with Crippen molar-refractivity contribution in [1.29, 1.82) is 0 Å². The second-order valence-corrected chi connectivity index (χ2v) is 3.75. The molecule has 0 radical (unpaired) electrons. The molecular weight excluding hydrogens is 208 g/mol. The molecule has 0 rings (SSSR count). The quantitative estimate of drug-likeness (QED) is 0.380. The van der Waals surface area contributed by atoms with E-state index in [9.17, 15) is 9.59 Å². The van der Waals surface area contributed by atoms with E-state index in [1.165, 1.54) is 0 Å². The Morgan fingerprint density at radius 2 is 1.81 bits per heavy atom. The minimum atomic E-state index is -0.409. The summed E-state index contributed by atoms with van der Waals surface area (Å²) in [5.74, 6) is -0.681. The lowest BCUT2D eigenvalue weighted by Crippen LogP contribution is -2.16. The second-order valence-electron chi connectivity index (χ2n) is 3.75. The summed E-state index contributed by atoms with van der Waals surface area (Å²) in [6.45, 7) is 9.33. The van der Waals surface area contributed by atoms with E-state index in [0.29, 0.717) is 12.0 Å². The third kappa shape index (κ3) is 6.22. The van der Waals surface area contributed by atoms with E-state index in [4.69, 9.17) is 9.47 Å². The molecule has 0 amide bonds. The van der Waals surface area contributed by atoms with Gasteiger partial charge in [-0.15, -0.1) is 0 Å². The van der Waals surface area contributed by atoms with Crippen molar-refractivity contribution in [1.82, 2.24) is 0 Å². The van der Waals surface area contributed by atoms with E-state index in [-0.39, 0.29) is 25.1 Å². The third-order valence-electron chi connectivity index (χ3n) is 2.13. The molecule has 0 aromatic rings. The molecule has 1 atom stereocenters. The number of esters is 2. The third-order valence-corrected chi connectivity index (χ3v) is 2.13. The van der Waals surface area contributed by atoms with Gasteiger partial charge in [-0.2, -0.15) is 0 Å². The molecule has 0 fully saturated rings. The first-order chi connectivity index (χ1) is 7.49. The molecule has 0 aromatic carbocycles. The van der Waals surface area contributed by atoms with Gasteiger partial charge in [-0.1, -0.05) is 20.4 Å². The molecule has 0 aliphatic heterocycles. The van der Waals surface area contributed by atoms with Crippen molar-refractivity contribution < 1.29 is 19.1 Å². The standard InChI is InChI=1S/C12H20O4/c1-5-10(4)12(14)16-8-6-7-15-11(13)9(2)3/h10H,2,5-8H2,1,3-4H3. The lowest BCUT2D eigenvalue weighted by molar-refractivity contribution is -0.148. The highest BCUT2D eigenvalue weighted by molar-refractivity contribution is 5.86.